The third-order valence-corrected chi connectivity index (χ3v) is 0. The van der Waals surface area contributed by atoms with Crippen LogP contribution in [0.3, 0.4) is 0 Å². The molecule has 0 aliphatic heterocycles. The summed E-state index contributed by atoms with van der Waals surface area (Å²) in [4.78, 5) is 0. The zero-order valence-corrected chi connectivity index (χ0v) is 15.4. The molecule has 0 saturated heterocycles. The average Bonchev–Trinajstić information content (AvgIpc) is 0. The van der Waals surface area contributed by atoms with Crippen LogP contribution in [-0.2, 0) is 0 Å². The molecule has 0 rings (SSSR count). The van der Waals surface area contributed by atoms with Crippen molar-refractivity contribution in [3.8, 4) is 0 Å². The van der Waals surface area contributed by atoms with E-state index in [1.54, 1.807) is 0 Å². The van der Waals surface area contributed by atoms with Crippen LogP contribution in [0.4, 0.5) is 0 Å². The zero-order valence-electron chi connectivity index (χ0n) is 3.45. The van der Waals surface area contributed by atoms with Gasteiger partial charge < -0.3 is 0 Å². The average molecular weight is 239 g/mol. The van der Waals surface area contributed by atoms with Gasteiger partial charge in [0.1, 0.15) is 0 Å². The molecule has 0 fully saturated rings. The summed E-state index contributed by atoms with van der Waals surface area (Å²) in [7, 11) is 0. The van der Waals surface area contributed by atoms with Gasteiger partial charge in [0, 0.05) is 179 Å². The molecule has 0 bridgehead atoms. The van der Waals surface area contributed by atoms with Crippen molar-refractivity contribution >= 4 is 179 Å². The molecule has 0 unspecified atom stereocenters. The van der Waals surface area contributed by atoms with Crippen LogP contribution in [0.5, 0.6) is 0 Å². The second kappa shape index (κ2) is 15.9. The molecule has 0 aromatic carbocycles. The van der Waals surface area contributed by atoms with Crippen LogP contribution >= 0.6 is 0 Å². The Morgan fingerprint density at radius 1 is 0.500 bits per heavy atom. The maximum atomic E-state index is 0. The van der Waals surface area contributed by atoms with Crippen molar-refractivity contribution in [2.24, 2.45) is 0 Å². The van der Waals surface area contributed by atoms with Gasteiger partial charge in [-0.2, -0.15) is 0 Å². The summed E-state index contributed by atoms with van der Waals surface area (Å²) in [6.45, 7) is 0. The first-order valence-electron chi connectivity index (χ1n) is 0. The fourth-order valence-electron chi connectivity index (χ4n) is 0. The number of hydrogen-bond acceptors (Lipinski definition) is 0. The van der Waals surface area contributed by atoms with Gasteiger partial charge in [0.2, 0.25) is 0 Å². The molecule has 0 N–H and O–H groups in total. The van der Waals surface area contributed by atoms with Gasteiger partial charge >= 0.3 is 0 Å². The van der Waals surface area contributed by atoms with Crippen LogP contribution in [0, 0.1) is 0 Å². The second-order valence-corrected chi connectivity index (χ2v) is 0. The fourth-order valence-corrected chi connectivity index (χ4v) is 0. The first kappa shape index (κ1) is 22.6. The molecule has 4 heavy (non-hydrogen) atoms. The van der Waals surface area contributed by atoms with Crippen molar-refractivity contribution in [3.63, 3.8) is 0 Å². The monoisotopic (exact) mass is 238 g/mol. The molecule has 6 radical (unpaired) electrons. The SMILES string of the molecule is [K].[K].[K].[Sb]. The zero-order chi connectivity index (χ0) is 0. The molecule has 0 spiro atoms. The Kier molecular flexibility index (Phi) is 89.7. The summed E-state index contributed by atoms with van der Waals surface area (Å²) < 4.78 is 0. The molecule has 0 aliphatic rings. The van der Waals surface area contributed by atoms with Crippen LogP contribution in [-0.4, -0.2) is 179 Å². The van der Waals surface area contributed by atoms with Crippen LogP contribution in [0.25, 0.3) is 0 Å². The quantitative estimate of drug-likeness (QED) is 0.450. The van der Waals surface area contributed by atoms with Gasteiger partial charge in [-0.3, -0.25) is 0 Å². The van der Waals surface area contributed by atoms with Crippen LogP contribution < -0.4 is 0 Å². The number of hydrogen-bond donors (Lipinski definition) is 0. The van der Waals surface area contributed by atoms with E-state index in [1.807, 2.05) is 0 Å². The summed E-state index contributed by atoms with van der Waals surface area (Å²) in [6, 6.07) is 0. The molecule has 4 heteroatoms. The molecule has 0 atom stereocenters. The van der Waals surface area contributed by atoms with E-state index < -0.39 is 0 Å². The predicted octanol–water partition coefficient (Wildman–Crippen LogP) is -1.52. The van der Waals surface area contributed by atoms with Gasteiger partial charge in [0.15, 0.2) is 0 Å². The van der Waals surface area contributed by atoms with Gasteiger partial charge in [0.05, 0.1) is 0 Å². The van der Waals surface area contributed by atoms with E-state index in [1.165, 1.54) is 0 Å². The smallest absolute Gasteiger partial charge is 0 e. The van der Waals surface area contributed by atoms with Gasteiger partial charge in [-0.25, -0.2) is 0 Å². The van der Waals surface area contributed by atoms with E-state index in [2.05, 4.69) is 0 Å². The van der Waals surface area contributed by atoms with E-state index in [4.69, 9.17) is 0 Å². The molecule has 0 amide bonds. The molecular formula is K3Sb. The largest absolute Gasteiger partial charge is 0 e. The third-order valence-electron chi connectivity index (χ3n) is 0. The molecule has 8 valence electrons. The Labute approximate surface area is 172 Å². The van der Waals surface area contributed by atoms with Crippen LogP contribution in [0.2, 0.25) is 0 Å². The molecule has 0 nitrogen and oxygen atoms in total. The Bertz CT molecular complexity index is 3.25. The molecule has 0 heterocycles. The van der Waals surface area contributed by atoms with Crippen molar-refractivity contribution in [1.82, 2.24) is 0 Å². The van der Waals surface area contributed by atoms with Gasteiger partial charge in [-0.05, 0) is 0 Å². The second-order valence-electron chi connectivity index (χ2n) is 0. The first-order valence-corrected chi connectivity index (χ1v) is 0. The maximum Gasteiger partial charge on any atom is 0 e. The normalized spacial score (nSPS) is 0. The minimum Gasteiger partial charge on any atom is 0 e. The predicted molar refractivity (Wildman–Crippen MR) is 23.0 cm³/mol. The van der Waals surface area contributed by atoms with E-state index in [-0.39, 0.29) is 179 Å². The van der Waals surface area contributed by atoms with Crippen molar-refractivity contribution in [3.05, 3.63) is 0 Å². The van der Waals surface area contributed by atoms with Crippen molar-refractivity contribution in [2.75, 3.05) is 0 Å². The Morgan fingerprint density at radius 2 is 0.500 bits per heavy atom. The van der Waals surface area contributed by atoms with Gasteiger partial charge in [-0.15, -0.1) is 0 Å². The summed E-state index contributed by atoms with van der Waals surface area (Å²) in [5.74, 6) is 0. The first-order chi connectivity index (χ1) is 0. The summed E-state index contributed by atoms with van der Waals surface area (Å²) >= 11 is 0. The summed E-state index contributed by atoms with van der Waals surface area (Å²) in [5.41, 5.74) is 0. The van der Waals surface area contributed by atoms with E-state index >= 15 is 0 Å². The van der Waals surface area contributed by atoms with Crippen molar-refractivity contribution in [2.45, 2.75) is 0 Å². The topological polar surface area (TPSA) is 0 Å². The number of rotatable bonds is 0. The standard InChI is InChI=1S/3K.Sb. The van der Waals surface area contributed by atoms with Crippen LogP contribution in [0.15, 0.2) is 0 Å². The Hall–Kier alpha value is 5.73. The minimum atomic E-state index is 0. The van der Waals surface area contributed by atoms with Crippen molar-refractivity contribution < 1.29 is 0 Å². The Balaban J connectivity index is 0. The molecule has 0 aromatic heterocycles. The molecule has 0 aromatic rings. The Morgan fingerprint density at radius 3 is 0.500 bits per heavy atom. The minimum absolute atomic E-state index is 0. The fraction of sp³-hybridized carbons (Fsp3) is 0. The summed E-state index contributed by atoms with van der Waals surface area (Å²) in [6.07, 6.45) is 0. The maximum absolute atomic E-state index is 0. The van der Waals surface area contributed by atoms with E-state index in [9.17, 15) is 0 Å². The molecule has 0 aliphatic carbocycles. The third kappa shape index (κ3) is 10.7. The summed E-state index contributed by atoms with van der Waals surface area (Å²) in [5, 5.41) is 0. The van der Waals surface area contributed by atoms with E-state index in [0.29, 0.717) is 0 Å². The van der Waals surface area contributed by atoms with Gasteiger partial charge in [0.25, 0.3) is 0 Å². The molecular weight excluding hydrogens is 239 g/mol. The van der Waals surface area contributed by atoms with Gasteiger partial charge in [-0.1, -0.05) is 0 Å². The molecule has 0 saturated carbocycles. The van der Waals surface area contributed by atoms with Crippen LogP contribution in [0.1, 0.15) is 0 Å². The van der Waals surface area contributed by atoms with E-state index in [0.717, 1.165) is 0 Å². The van der Waals surface area contributed by atoms with Crippen molar-refractivity contribution in [1.29, 1.82) is 0 Å².